The Morgan fingerprint density at radius 1 is 1.04 bits per heavy atom. The molecule has 1 N–H and O–H groups in total. The van der Waals surface area contributed by atoms with Crippen LogP contribution in [0.25, 0.3) is 0 Å². The number of rotatable bonds is 7. The summed E-state index contributed by atoms with van der Waals surface area (Å²) in [6.45, 7) is 9.48. The first-order valence-corrected chi connectivity index (χ1v) is 9.69. The number of halogens is 1. The predicted molar refractivity (Wildman–Crippen MR) is 109 cm³/mol. The van der Waals surface area contributed by atoms with E-state index in [1.807, 2.05) is 0 Å². The van der Waals surface area contributed by atoms with Gasteiger partial charge in [-0.05, 0) is 55.3 Å². The van der Waals surface area contributed by atoms with Crippen molar-refractivity contribution in [1.29, 1.82) is 0 Å². The van der Waals surface area contributed by atoms with Crippen LogP contribution in [0.4, 0.5) is 10.1 Å². The van der Waals surface area contributed by atoms with E-state index in [-0.39, 0.29) is 11.7 Å². The Balaban J connectivity index is 1.35. The number of anilines is 1. The molecule has 0 atom stereocenters. The van der Waals surface area contributed by atoms with Crippen molar-refractivity contribution in [2.75, 3.05) is 51.2 Å². The van der Waals surface area contributed by atoms with Crippen molar-refractivity contribution in [2.24, 2.45) is 0 Å². The van der Waals surface area contributed by atoms with E-state index in [9.17, 15) is 9.18 Å². The second-order valence-electron chi connectivity index (χ2n) is 7.35. The summed E-state index contributed by atoms with van der Waals surface area (Å²) in [6.07, 6.45) is 0. The fraction of sp³-hybridized carbons (Fsp3) is 0.409. The van der Waals surface area contributed by atoms with Crippen LogP contribution in [0.15, 0.2) is 42.5 Å². The number of ether oxygens (including phenoxy) is 1. The number of hydrogen-bond acceptors (Lipinski definition) is 4. The largest absolute Gasteiger partial charge is 0.492 e. The third-order valence-corrected chi connectivity index (χ3v) is 4.81. The molecule has 1 fully saturated rings. The molecular weight excluding hydrogens is 357 g/mol. The molecule has 1 amide bonds. The molecule has 0 radical (unpaired) electrons. The quantitative estimate of drug-likeness (QED) is 0.796. The molecule has 0 unspecified atom stereocenters. The Hall–Kier alpha value is -2.44. The molecule has 0 spiro atoms. The van der Waals surface area contributed by atoms with Crippen LogP contribution < -0.4 is 10.1 Å². The normalized spacial score (nSPS) is 15.4. The molecule has 0 saturated carbocycles. The van der Waals surface area contributed by atoms with Crippen LogP contribution in [0.5, 0.6) is 5.75 Å². The summed E-state index contributed by atoms with van der Waals surface area (Å²) in [6, 6.07) is 12.2. The van der Waals surface area contributed by atoms with Gasteiger partial charge in [-0.3, -0.25) is 14.6 Å². The lowest BCUT2D eigenvalue weighted by molar-refractivity contribution is -0.117. The van der Waals surface area contributed by atoms with E-state index in [0.29, 0.717) is 18.8 Å². The highest BCUT2D eigenvalue weighted by Gasteiger charge is 2.19. The fourth-order valence-corrected chi connectivity index (χ4v) is 3.45. The van der Waals surface area contributed by atoms with Crippen molar-refractivity contribution in [1.82, 2.24) is 9.80 Å². The van der Waals surface area contributed by atoms with Gasteiger partial charge in [-0.2, -0.15) is 0 Å². The van der Waals surface area contributed by atoms with Crippen LogP contribution >= 0.6 is 0 Å². The fourth-order valence-electron chi connectivity index (χ4n) is 3.45. The zero-order valence-electron chi connectivity index (χ0n) is 16.6. The third kappa shape index (κ3) is 6.32. The van der Waals surface area contributed by atoms with Crippen LogP contribution in [-0.4, -0.2) is 61.6 Å². The molecule has 6 heteroatoms. The highest BCUT2D eigenvalue weighted by molar-refractivity contribution is 5.92. The Labute approximate surface area is 166 Å². The minimum atomic E-state index is -0.352. The van der Waals surface area contributed by atoms with Crippen molar-refractivity contribution in [2.45, 2.75) is 13.8 Å². The zero-order chi connectivity index (χ0) is 19.9. The summed E-state index contributed by atoms with van der Waals surface area (Å²) in [5, 5.41) is 2.75. The summed E-state index contributed by atoms with van der Waals surface area (Å²) in [5.41, 5.74) is 2.91. The number of piperazine rings is 1. The molecule has 0 bridgehead atoms. The Bertz CT molecular complexity index is 784. The second-order valence-corrected chi connectivity index (χ2v) is 7.35. The third-order valence-electron chi connectivity index (χ3n) is 4.81. The van der Waals surface area contributed by atoms with Crippen LogP contribution in [0, 0.1) is 19.7 Å². The van der Waals surface area contributed by atoms with Crippen LogP contribution in [0.2, 0.25) is 0 Å². The van der Waals surface area contributed by atoms with Gasteiger partial charge in [0, 0.05) is 38.4 Å². The van der Waals surface area contributed by atoms with Gasteiger partial charge in [-0.1, -0.05) is 12.1 Å². The highest BCUT2D eigenvalue weighted by Crippen LogP contribution is 2.16. The summed E-state index contributed by atoms with van der Waals surface area (Å²) in [5.74, 6) is 0.455. The lowest BCUT2D eigenvalue weighted by Crippen LogP contribution is -2.49. The van der Waals surface area contributed by atoms with Gasteiger partial charge in [0.1, 0.15) is 18.2 Å². The molecule has 28 heavy (non-hydrogen) atoms. The Morgan fingerprint density at radius 2 is 1.71 bits per heavy atom. The van der Waals surface area contributed by atoms with Gasteiger partial charge in [0.25, 0.3) is 0 Å². The van der Waals surface area contributed by atoms with Gasteiger partial charge >= 0.3 is 0 Å². The van der Waals surface area contributed by atoms with Crippen LogP contribution in [0.3, 0.4) is 0 Å². The minimum absolute atomic E-state index is 0.114. The molecule has 1 heterocycles. The van der Waals surface area contributed by atoms with Crippen LogP contribution in [0.1, 0.15) is 11.1 Å². The first-order valence-electron chi connectivity index (χ1n) is 9.69. The van der Waals surface area contributed by atoms with E-state index in [1.54, 1.807) is 12.1 Å². The smallest absolute Gasteiger partial charge is 0.238 e. The summed E-state index contributed by atoms with van der Waals surface area (Å²) < 4.78 is 19.1. The SMILES string of the molecule is Cc1cc(C)cc(OCCN2CCN(CC(=O)Nc3cccc(F)c3)CC2)c1. The average molecular weight is 385 g/mol. The number of carbonyl (C=O) groups excluding carboxylic acids is 1. The highest BCUT2D eigenvalue weighted by atomic mass is 19.1. The first kappa shape index (κ1) is 20.3. The molecular formula is C22H28FN3O2. The molecule has 0 aromatic heterocycles. The molecule has 0 aliphatic carbocycles. The monoisotopic (exact) mass is 385 g/mol. The van der Waals surface area contributed by atoms with E-state index in [2.05, 4.69) is 47.2 Å². The number of nitrogens with zero attached hydrogens (tertiary/aromatic N) is 2. The van der Waals surface area contributed by atoms with Crippen molar-refractivity contribution < 1.29 is 13.9 Å². The van der Waals surface area contributed by atoms with Crippen molar-refractivity contribution >= 4 is 11.6 Å². The van der Waals surface area contributed by atoms with E-state index in [1.165, 1.54) is 23.3 Å². The van der Waals surface area contributed by atoms with Gasteiger partial charge in [0.2, 0.25) is 5.91 Å². The lowest BCUT2D eigenvalue weighted by Gasteiger charge is -2.34. The first-order chi connectivity index (χ1) is 13.5. The lowest BCUT2D eigenvalue weighted by atomic mass is 10.1. The molecule has 2 aromatic carbocycles. The number of nitrogens with one attached hydrogen (secondary N) is 1. The van der Waals surface area contributed by atoms with E-state index in [4.69, 9.17) is 4.74 Å². The second kappa shape index (κ2) is 9.66. The van der Waals surface area contributed by atoms with Gasteiger partial charge < -0.3 is 10.1 Å². The van der Waals surface area contributed by atoms with Gasteiger partial charge in [0.05, 0.1) is 6.54 Å². The van der Waals surface area contributed by atoms with Crippen molar-refractivity contribution in [3.05, 3.63) is 59.4 Å². The Kier molecular flexibility index (Phi) is 7.01. The number of aryl methyl sites for hydroxylation is 2. The Morgan fingerprint density at radius 3 is 2.39 bits per heavy atom. The standard InChI is InChI=1S/C22H28FN3O2/c1-17-12-18(2)14-21(13-17)28-11-10-25-6-8-26(9-7-25)16-22(27)24-20-5-3-4-19(23)15-20/h3-5,12-15H,6-11,16H2,1-2H3,(H,24,27). The van der Waals surface area contributed by atoms with Gasteiger partial charge in [-0.25, -0.2) is 4.39 Å². The topological polar surface area (TPSA) is 44.8 Å². The maximum Gasteiger partial charge on any atom is 0.238 e. The molecule has 2 aromatic rings. The number of amides is 1. The summed E-state index contributed by atoms with van der Waals surface area (Å²) in [4.78, 5) is 16.6. The van der Waals surface area contributed by atoms with Crippen LogP contribution in [-0.2, 0) is 4.79 Å². The number of hydrogen-bond donors (Lipinski definition) is 1. The molecule has 1 saturated heterocycles. The summed E-state index contributed by atoms with van der Waals surface area (Å²) >= 11 is 0. The van der Waals surface area contributed by atoms with Gasteiger partial charge in [-0.15, -0.1) is 0 Å². The van der Waals surface area contributed by atoms with Crippen molar-refractivity contribution in [3.63, 3.8) is 0 Å². The van der Waals surface area contributed by atoms with E-state index in [0.717, 1.165) is 38.5 Å². The van der Waals surface area contributed by atoms with E-state index >= 15 is 0 Å². The zero-order valence-corrected chi connectivity index (χ0v) is 16.6. The van der Waals surface area contributed by atoms with Crippen molar-refractivity contribution in [3.8, 4) is 5.75 Å². The number of carbonyl (C=O) groups is 1. The van der Waals surface area contributed by atoms with Gasteiger partial charge in [0.15, 0.2) is 0 Å². The predicted octanol–water partition coefficient (Wildman–Crippen LogP) is 3.08. The number of benzene rings is 2. The van der Waals surface area contributed by atoms with E-state index < -0.39 is 0 Å². The maximum atomic E-state index is 13.2. The molecule has 5 nitrogen and oxygen atoms in total. The molecule has 1 aliphatic rings. The summed E-state index contributed by atoms with van der Waals surface area (Å²) in [7, 11) is 0. The molecule has 150 valence electrons. The maximum absolute atomic E-state index is 13.2. The minimum Gasteiger partial charge on any atom is -0.492 e. The average Bonchev–Trinajstić information content (AvgIpc) is 2.62. The molecule has 3 rings (SSSR count). The molecule has 1 aliphatic heterocycles.